The quantitative estimate of drug-likeness (QED) is 0.364. The van der Waals surface area contributed by atoms with Crippen molar-refractivity contribution in [1.82, 2.24) is 0 Å². The Hall–Kier alpha value is -3.88. The predicted octanol–water partition coefficient (Wildman–Crippen LogP) is 3.97. The molecular formula is C28H32N2O6. The largest absolute Gasteiger partial charge is 0.489 e. The molecule has 0 aliphatic carbocycles. The normalized spacial score (nSPS) is 12.3. The molecule has 0 radical (unpaired) electrons. The lowest BCUT2D eigenvalue weighted by atomic mass is 10.1. The van der Waals surface area contributed by atoms with E-state index >= 15 is 0 Å². The average Bonchev–Trinajstić information content (AvgIpc) is 2.91. The van der Waals surface area contributed by atoms with Crippen molar-refractivity contribution >= 4 is 11.9 Å². The molecule has 0 spiro atoms. The van der Waals surface area contributed by atoms with Crippen molar-refractivity contribution in [2.24, 2.45) is 11.5 Å². The second kappa shape index (κ2) is 13.3. The molecule has 0 aliphatic rings. The van der Waals surface area contributed by atoms with E-state index in [1.165, 1.54) is 0 Å². The standard InChI is InChI=1S/C28H32N2O6/c1-3-33-27(31)25(29)21-8-12-23(13-9-21)35-17-19-6-5-7-20(16-19)18-36-24-14-10-22(11-15-24)26(30)28(32)34-4-2/h5-16,25-26H,3-4,17-18,29-30H2,1-2H3/t25-,26-/m1/s1. The van der Waals surface area contributed by atoms with E-state index in [1.54, 1.807) is 62.4 Å². The van der Waals surface area contributed by atoms with Crippen LogP contribution in [-0.4, -0.2) is 25.2 Å². The first-order valence-corrected chi connectivity index (χ1v) is 11.8. The van der Waals surface area contributed by atoms with E-state index in [2.05, 4.69) is 0 Å². The summed E-state index contributed by atoms with van der Waals surface area (Å²) >= 11 is 0. The van der Waals surface area contributed by atoms with Crippen LogP contribution < -0.4 is 20.9 Å². The van der Waals surface area contributed by atoms with Gasteiger partial charge in [0.2, 0.25) is 0 Å². The molecule has 0 aromatic heterocycles. The first-order valence-electron chi connectivity index (χ1n) is 11.8. The maximum Gasteiger partial charge on any atom is 0.327 e. The van der Waals surface area contributed by atoms with Gasteiger partial charge in [0.05, 0.1) is 13.2 Å². The molecule has 3 aromatic carbocycles. The van der Waals surface area contributed by atoms with E-state index in [0.29, 0.717) is 35.8 Å². The Labute approximate surface area is 211 Å². The van der Waals surface area contributed by atoms with Crippen molar-refractivity contribution in [3.8, 4) is 11.5 Å². The third-order valence-electron chi connectivity index (χ3n) is 5.36. The fourth-order valence-electron chi connectivity index (χ4n) is 3.42. The number of hydrogen-bond donors (Lipinski definition) is 2. The molecule has 8 nitrogen and oxygen atoms in total. The summed E-state index contributed by atoms with van der Waals surface area (Å²) in [6.45, 7) is 4.80. The van der Waals surface area contributed by atoms with Crippen molar-refractivity contribution in [2.45, 2.75) is 39.1 Å². The van der Waals surface area contributed by atoms with Gasteiger partial charge in [-0.25, -0.2) is 9.59 Å². The summed E-state index contributed by atoms with van der Waals surface area (Å²) in [5, 5.41) is 0. The summed E-state index contributed by atoms with van der Waals surface area (Å²) in [4.78, 5) is 23.6. The van der Waals surface area contributed by atoms with Gasteiger partial charge in [-0.1, -0.05) is 42.5 Å². The number of esters is 2. The van der Waals surface area contributed by atoms with Crippen LogP contribution in [0.4, 0.5) is 0 Å². The van der Waals surface area contributed by atoms with Crippen LogP contribution >= 0.6 is 0 Å². The molecule has 0 aliphatic heterocycles. The van der Waals surface area contributed by atoms with Crippen LogP contribution in [0.15, 0.2) is 72.8 Å². The summed E-state index contributed by atoms with van der Waals surface area (Å²) < 4.78 is 21.7. The van der Waals surface area contributed by atoms with Gasteiger partial charge in [0.25, 0.3) is 0 Å². The zero-order valence-electron chi connectivity index (χ0n) is 20.5. The highest BCUT2D eigenvalue weighted by molar-refractivity contribution is 5.77. The van der Waals surface area contributed by atoms with Gasteiger partial charge in [-0.2, -0.15) is 0 Å². The second-order valence-electron chi connectivity index (χ2n) is 7.99. The molecule has 8 heteroatoms. The maximum atomic E-state index is 11.8. The number of carbonyl (C=O) groups excluding carboxylic acids is 2. The van der Waals surface area contributed by atoms with Crippen LogP contribution in [0.3, 0.4) is 0 Å². The van der Waals surface area contributed by atoms with Crippen molar-refractivity contribution in [1.29, 1.82) is 0 Å². The van der Waals surface area contributed by atoms with Crippen molar-refractivity contribution in [2.75, 3.05) is 13.2 Å². The molecule has 3 aromatic rings. The van der Waals surface area contributed by atoms with Gasteiger partial charge in [-0.15, -0.1) is 0 Å². The SMILES string of the molecule is CCOC(=O)[C@H](N)c1ccc(OCc2cccc(COc3ccc([C@@H](N)C(=O)OCC)cc3)c2)cc1. The molecule has 36 heavy (non-hydrogen) atoms. The molecular weight excluding hydrogens is 460 g/mol. The van der Waals surface area contributed by atoms with Crippen LogP contribution in [0.1, 0.15) is 48.2 Å². The Bertz CT molecular complexity index is 1040. The van der Waals surface area contributed by atoms with E-state index < -0.39 is 24.0 Å². The molecule has 190 valence electrons. The molecule has 0 saturated carbocycles. The third kappa shape index (κ3) is 7.56. The van der Waals surface area contributed by atoms with E-state index in [9.17, 15) is 9.59 Å². The van der Waals surface area contributed by atoms with Crippen molar-refractivity contribution in [3.05, 3.63) is 95.1 Å². The zero-order valence-corrected chi connectivity index (χ0v) is 20.5. The number of nitrogens with two attached hydrogens (primary N) is 2. The first kappa shape index (κ1) is 26.7. The zero-order chi connectivity index (χ0) is 25.9. The van der Waals surface area contributed by atoms with E-state index in [0.717, 1.165) is 11.1 Å². The fraction of sp³-hybridized carbons (Fsp3) is 0.286. The van der Waals surface area contributed by atoms with Gasteiger partial charge < -0.3 is 30.4 Å². The summed E-state index contributed by atoms with van der Waals surface area (Å²) in [5.74, 6) is 0.415. The van der Waals surface area contributed by atoms with Crippen molar-refractivity contribution in [3.63, 3.8) is 0 Å². The molecule has 0 unspecified atom stereocenters. The van der Waals surface area contributed by atoms with E-state index in [4.69, 9.17) is 30.4 Å². The lowest BCUT2D eigenvalue weighted by molar-refractivity contribution is -0.145. The number of hydrogen-bond acceptors (Lipinski definition) is 8. The number of rotatable bonds is 12. The predicted molar refractivity (Wildman–Crippen MR) is 135 cm³/mol. The summed E-state index contributed by atoms with van der Waals surface area (Å²) in [6.07, 6.45) is 0. The van der Waals surface area contributed by atoms with Crippen LogP contribution in [0, 0.1) is 0 Å². The van der Waals surface area contributed by atoms with Crippen LogP contribution in [0.5, 0.6) is 11.5 Å². The number of ether oxygens (including phenoxy) is 4. The van der Waals surface area contributed by atoms with E-state index in [1.807, 2.05) is 24.3 Å². The molecule has 0 amide bonds. The lowest BCUT2D eigenvalue weighted by Gasteiger charge is -2.13. The Kier molecular flexibility index (Phi) is 9.85. The third-order valence-corrected chi connectivity index (χ3v) is 5.36. The Morgan fingerprint density at radius 1 is 0.667 bits per heavy atom. The van der Waals surface area contributed by atoms with Gasteiger partial charge in [0, 0.05) is 0 Å². The molecule has 3 rings (SSSR count). The first-order chi connectivity index (χ1) is 17.4. The van der Waals surface area contributed by atoms with Crippen LogP contribution in [0.25, 0.3) is 0 Å². The Balaban J connectivity index is 1.51. The highest BCUT2D eigenvalue weighted by Gasteiger charge is 2.17. The highest BCUT2D eigenvalue weighted by Crippen LogP contribution is 2.21. The monoisotopic (exact) mass is 492 g/mol. The minimum Gasteiger partial charge on any atom is -0.489 e. The van der Waals surface area contributed by atoms with Gasteiger partial charge in [-0.05, 0) is 66.4 Å². The van der Waals surface area contributed by atoms with Crippen molar-refractivity contribution < 1.29 is 28.5 Å². The van der Waals surface area contributed by atoms with Crippen LogP contribution in [-0.2, 0) is 32.3 Å². The molecule has 0 fully saturated rings. The molecule has 0 saturated heterocycles. The second-order valence-corrected chi connectivity index (χ2v) is 7.99. The van der Waals surface area contributed by atoms with Gasteiger partial charge >= 0.3 is 11.9 Å². The fourth-order valence-corrected chi connectivity index (χ4v) is 3.42. The minimum atomic E-state index is -0.818. The van der Waals surface area contributed by atoms with Gasteiger partial charge in [0.1, 0.15) is 36.8 Å². The number of carbonyl (C=O) groups is 2. The summed E-state index contributed by atoms with van der Waals surface area (Å²) in [6, 6.07) is 20.4. The number of benzene rings is 3. The topological polar surface area (TPSA) is 123 Å². The van der Waals surface area contributed by atoms with Gasteiger partial charge in [0.15, 0.2) is 0 Å². The maximum absolute atomic E-state index is 11.8. The lowest BCUT2D eigenvalue weighted by Crippen LogP contribution is -2.23. The molecule has 4 N–H and O–H groups in total. The Morgan fingerprint density at radius 3 is 1.42 bits per heavy atom. The van der Waals surface area contributed by atoms with E-state index in [-0.39, 0.29) is 13.2 Å². The molecule has 0 heterocycles. The molecule has 2 atom stereocenters. The highest BCUT2D eigenvalue weighted by atomic mass is 16.5. The van der Waals surface area contributed by atoms with Gasteiger partial charge in [-0.3, -0.25) is 0 Å². The summed E-state index contributed by atoms with van der Waals surface area (Å²) in [5.41, 5.74) is 15.1. The average molecular weight is 493 g/mol. The smallest absolute Gasteiger partial charge is 0.327 e. The summed E-state index contributed by atoms with van der Waals surface area (Å²) in [7, 11) is 0. The molecule has 0 bridgehead atoms. The minimum absolute atomic E-state index is 0.288. The Morgan fingerprint density at radius 2 is 1.06 bits per heavy atom. The van der Waals surface area contributed by atoms with Crippen LogP contribution in [0.2, 0.25) is 0 Å².